The lowest BCUT2D eigenvalue weighted by Crippen LogP contribution is -2.04. The van der Waals surface area contributed by atoms with Crippen LogP contribution in [0, 0.1) is 6.92 Å². The fourth-order valence-electron chi connectivity index (χ4n) is 2.01. The van der Waals surface area contributed by atoms with E-state index >= 15 is 0 Å². The number of methoxy groups -OCH3 is 1. The Labute approximate surface area is 118 Å². The molecule has 0 aliphatic heterocycles. The Hall–Kier alpha value is -2.01. The molecule has 1 aromatic heterocycles. The van der Waals surface area contributed by atoms with Crippen LogP contribution in [0.3, 0.4) is 0 Å². The molecular formula is C15H20N2O3. The van der Waals surface area contributed by atoms with Crippen LogP contribution >= 0.6 is 0 Å². The van der Waals surface area contributed by atoms with Crippen molar-refractivity contribution in [3.05, 3.63) is 41.2 Å². The standard InChI is InChI=1S/C15H20N2O3/c1-10-7-13(17(3)16-10)9-20-14-6-5-12(11(2)18)8-15(14)19-4/h5-8,11,18H,9H2,1-4H3/t11-/m0/s1. The second kappa shape index (κ2) is 5.96. The molecule has 20 heavy (non-hydrogen) atoms. The van der Waals surface area contributed by atoms with E-state index in [0.29, 0.717) is 18.1 Å². The van der Waals surface area contributed by atoms with Crippen LogP contribution in [0.2, 0.25) is 0 Å². The van der Waals surface area contributed by atoms with Gasteiger partial charge in [-0.2, -0.15) is 5.10 Å². The van der Waals surface area contributed by atoms with Crippen LogP contribution in [0.1, 0.15) is 30.0 Å². The number of nitrogens with zero attached hydrogens (tertiary/aromatic N) is 2. The maximum Gasteiger partial charge on any atom is 0.161 e. The maximum atomic E-state index is 9.57. The predicted molar refractivity (Wildman–Crippen MR) is 75.9 cm³/mol. The van der Waals surface area contributed by atoms with Gasteiger partial charge in [0.2, 0.25) is 0 Å². The normalized spacial score (nSPS) is 12.2. The molecule has 0 bridgehead atoms. The Morgan fingerprint density at radius 1 is 1.30 bits per heavy atom. The molecule has 0 aliphatic rings. The van der Waals surface area contributed by atoms with Crippen molar-refractivity contribution < 1.29 is 14.6 Å². The van der Waals surface area contributed by atoms with Crippen molar-refractivity contribution in [3.63, 3.8) is 0 Å². The number of rotatable bonds is 5. The third-order valence-electron chi connectivity index (χ3n) is 3.14. The second-order valence-corrected chi connectivity index (χ2v) is 4.78. The molecule has 2 rings (SSSR count). The number of aromatic nitrogens is 2. The zero-order chi connectivity index (χ0) is 14.7. The van der Waals surface area contributed by atoms with Crippen molar-refractivity contribution in [2.75, 3.05) is 7.11 Å². The highest BCUT2D eigenvalue weighted by Gasteiger charge is 2.10. The maximum absolute atomic E-state index is 9.57. The van der Waals surface area contributed by atoms with Gasteiger partial charge < -0.3 is 14.6 Å². The molecular weight excluding hydrogens is 256 g/mol. The van der Waals surface area contributed by atoms with Crippen LogP contribution in [-0.2, 0) is 13.7 Å². The Balaban J connectivity index is 2.15. The number of aliphatic hydroxyl groups is 1. The van der Waals surface area contributed by atoms with Crippen molar-refractivity contribution >= 4 is 0 Å². The topological polar surface area (TPSA) is 56.5 Å². The van der Waals surface area contributed by atoms with Crippen molar-refractivity contribution in [2.24, 2.45) is 7.05 Å². The number of aryl methyl sites for hydroxylation is 2. The predicted octanol–water partition coefficient (Wildman–Crippen LogP) is 2.37. The molecule has 5 heteroatoms. The molecule has 0 aliphatic carbocycles. The van der Waals surface area contributed by atoms with Gasteiger partial charge in [-0.3, -0.25) is 4.68 Å². The summed E-state index contributed by atoms with van der Waals surface area (Å²) < 4.78 is 12.9. The van der Waals surface area contributed by atoms with E-state index in [9.17, 15) is 5.11 Å². The summed E-state index contributed by atoms with van der Waals surface area (Å²) >= 11 is 0. The van der Waals surface area contributed by atoms with Gasteiger partial charge in [-0.15, -0.1) is 0 Å². The van der Waals surface area contributed by atoms with Gasteiger partial charge in [-0.25, -0.2) is 0 Å². The lowest BCUT2D eigenvalue weighted by atomic mass is 10.1. The van der Waals surface area contributed by atoms with Crippen molar-refractivity contribution in [1.82, 2.24) is 9.78 Å². The summed E-state index contributed by atoms with van der Waals surface area (Å²) in [7, 11) is 3.47. The number of hydrogen-bond acceptors (Lipinski definition) is 4. The van der Waals surface area contributed by atoms with Gasteiger partial charge in [0.15, 0.2) is 11.5 Å². The first-order valence-electron chi connectivity index (χ1n) is 6.49. The summed E-state index contributed by atoms with van der Waals surface area (Å²) in [4.78, 5) is 0. The fourth-order valence-corrected chi connectivity index (χ4v) is 2.01. The highest BCUT2D eigenvalue weighted by molar-refractivity contribution is 5.43. The van der Waals surface area contributed by atoms with E-state index in [-0.39, 0.29) is 0 Å². The average molecular weight is 276 g/mol. The molecule has 1 aromatic carbocycles. The van der Waals surface area contributed by atoms with Gasteiger partial charge in [0.1, 0.15) is 6.61 Å². The Morgan fingerprint density at radius 2 is 2.05 bits per heavy atom. The number of aliphatic hydroxyl groups excluding tert-OH is 1. The summed E-state index contributed by atoms with van der Waals surface area (Å²) in [5.74, 6) is 1.26. The van der Waals surface area contributed by atoms with Crippen LogP contribution in [-0.4, -0.2) is 22.0 Å². The molecule has 0 spiro atoms. The Bertz CT molecular complexity index is 591. The SMILES string of the molecule is COc1cc([C@H](C)O)ccc1OCc1cc(C)nn1C. The molecule has 1 atom stereocenters. The summed E-state index contributed by atoms with van der Waals surface area (Å²) in [5.41, 5.74) is 2.75. The molecule has 0 radical (unpaired) electrons. The van der Waals surface area contributed by atoms with Crippen LogP contribution in [0.4, 0.5) is 0 Å². The zero-order valence-electron chi connectivity index (χ0n) is 12.3. The van der Waals surface area contributed by atoms with Gasteiger partial charge >= 0.3 is 0 Å². The minimum absolute atomic E-state index is 0.418. The molecule has 108 valence electrons. The van der Waals surface area contributed by atoms with E-state index in [0.717, 1.165) is 17.0 Å². The van der Waals surface area contributed by atoms with Gasteiger partial charge in [-0.1, -0.05) is 6.07 Å². The van der Waals surface area contributed by atoms with E-state index in [1.807, 2.05) is 32.2 Å². The minimum Gasteiger partial charge on any atom is -0.493 e. The molecule has 0 saturated carbocycles. The average Bonchev–Trinajstić information content (AvgIpc) is 2.74. The number of hydrogen-bond donors (Lipinski definition) is 1. The smallest absolute Gasteiger partial charge is 0.161 e. The second-order valence-electron chi connectivity index (χ2n) is 4.78. The molecule has 1 heterocycles. The molecule has 0 unspecified atom stereocenters. The Kier molecular flexibility index (Phi) is 4.29. The van der Waals surface area contributed by atoms with Gasteiger partial charge in [0, 0.05) is 7.05 Å². The first-order chi connectivity index (χ1) is 9.51. The van der Waals surface area contributed by atoms with Gasteiger partial charge in [0.25, 0.3) is 0 Å². The summed E-state index contributed by atoms with van der Waals surface area (Å²) in [6, 6.07) is 7.41. The summed E-state index contributed by atoms with van der Waals surface area (Å²) in [6.07, 6.45) is -0.530. The molecule has 5 nitrogen and oxygen atoms in total. The third-order valence-corrected chi connectivity index (χ3v) is 3.14. The summed E-state index contributed by atoms with van der Waals surface area (Å²) in [5, 5.41) is 13.8. The first kappa shape index (κ1) is 14.4. The van der Waals surface area contributed by atoms with E-state index < -0.39 is 6.10 Å². The highest BCUT2D eigenvalue weighted by atomic mass is 16.5. The number of ether oxygens (including phenoxy) is 2. The van der Waals surface area contributed by atoms with Crippen LogP contribution in [0.5, 0.6) is 11.5 Å². The highest BCUT2D eigenvalue weighted by Crippen LogP contribution is 2.30. The Morgan fingerprint density at radius 3 is 2.60 bits per heavy atom. The molecule has 0 amide bonds. The third kappa shape index (κ3) is 3.11. The van der Waals surface area contributed by atoms with Crippen LogP contribution in [0.15, 0.2) is 24.3 Å². The van der Waals surface area contributed by atoms with Crippen LogP contribution in [0.25, 0.3) is 0 Å². The van der Waals surface area contributed by atoms with Crippen LogP contribution < -0.4 is 9.47 Å². The molecule has 2 aromatic rings. The first-order valence-corrected chi connectivity index (χ1v) is 6.49. The minimum atomic E-state index is -0.530. The molecule has 1 N–H and O–H groups in total. The molecule has 0 saturated heterocycles. The van der Waals surface area contributed by atoms with Crippen molar-refractivity contribution in [3.8, 4) is 11.5 Å². The largest absolute Gasteiger partial charge is 0.493 e. The molecule has 0 fully saturated rings. The van der Waals surface area contributed by atoms with E-state index in [2.05, 4.69) is 5.10 Å². The van der Waals surface area contributed by atoms with Crippen molar-refractivity contribution in [2.45, 2.75) is 26.6 Å². The van der Waals surface area contributed by atoms with E-state index in [1.54, 1.807) is 24.8 Å². The quantitative estimate of drug-likeness (QED) is 0.911. The monoisotopic (exact) mass is 276 g/mol. The lowest BCUT2D eigenvalue weighted by Gasteiger charge is -2.13. The van der Waals surface area contributed by atoms with Gasteiger partial charge in [0.05, 0.1) is 24.6 Å². The summed E-state index contributed by atoms with van der Waals surface area (Å²) in [6.45, 7) is 4.08. The fraction of sp³-hybridized carbons (Fsp3) is 0.400. The van der Waals surface area contributed by atoms with Gasteiger partial charge in [-0.05, 0) is 37.6 Å². The van der Waals surface area contributed by atoms with Crippen molar-refractivity contribution in [1.29, 1.82) is 0 Å². The van der Waals surface area contributed by atoms with E-state index in [1.165, 1.54) is 0 Å². The zero-order valence-corrected chi connectivity index (χ0v) is 12.3. The lowest BCUT2D eigenvalue weighted by molar-refractivity contribution is 0.198. The number of benzene rings is 1. The van der Waals surface area contributed by atoms with E-state index in [4.69, 9.17) is 9.47 Å².